The third-order valence-corrected chi connectivity index (χ3v) is 3.18. The summed E-state index contributed by atoms with van der Waals surface area (Å²) in [6.07, 6.45) is 0.210. The minimum Gasteiger partial charge on any atom is -0.363 e. The highest BCUT2D eigenvalue weighted by Gasteiger charge is 2.25. The standard InChI is InChI=1S/C17H16N2O3/c18-16(21)15(20)14(11-12-7-3-1-4-8-12)19-17(22)13-9-5-2-6-10-13/h1-10,14H,11H2,(H2,18,21)(H,19,22)/t14-/m0/s1. The van der Waals surface area contributed by atoms with E-state index in [0.717, 1.165) is 5.56 Å². The maximum atomic E-state index is 12.2. The zero-order valence-electron chi connectivity index (χ0n) is 11.9. The van der Waals surface area contributed by atoms with Crippen LogP contribution in [0.4, 0.5) is 0 Å². The molecule has 0 aliphatic carbocycles. The monoisotopic (exact) mass is 296 g/mol. The van der Waals surface area contributed by atoms with Crippen LogP contribution in [0.2, 0.25) is 0 Å². The molecule has 0 fully saturated rings. The van der Waals surface area contributed by atoms with Crippen LogP contribution in [0.25, 0.3) is 0 Å². The zero-order valence-corrected chi connectivity index (χ0v) is 11.9. The molecule has 0 aromatic heterocycles. The van der Waals surface area contributed by atoms with E-state index in [1.807, 2.05) is 30.3 Å². The Kier molecular flexibility index (Phi) is 5.03. The van der Waals surface area contributed by atoms with Gasteiger partial charge in [0.1, 0.15) is 6.04 Å². The fourth-order valence-corrected chi connectivity index (χ4v) is 2.06. The van der Waals surface area contributed by atoms with Crippen molar-refractivity contribution >= 4 is 17.6 Å². The van der Waals surface area contributed by atoms with Crippen molar-refractivity contribution in [2.45, 2.75) is 12.5 Å². The van der Waals surface area contributed by atoms with Crippen LogP contribution in [0.15, 0.2) is 60.7 Å². The van der Waals surface area contributed by atoms with E-state index in [0.29, 0.717) is 5.56 Å². The lowest BCUT2D eigenvalue weighted by atomic mass is 10.0. The Balaban J connectivity index is 2.16. The summed E-state index contributed by atoms with van der Waals surface area (Å²) in [5, 5.41) is 2.57. The highest BCUT2D eigenvalue weighted by atomic mass is 16.2. The number of benzene rings is 2. The number of hydrogen-bond acceptors (Lipinski definition) is 3. The highest BCUT2D eigenvalue weighted by molar-refractivity contribution is 6.38. The molecule has 0 saturated carbocycles. The van der Waals surface area contributed by atoms with E-state index >= 15 is 0 Å². The molecule has 3 N–H and O–H groups in total. The van der Waals surface area contributed by atoms with Gasteiger partial charge in [0.15, 0.2) is 0 Å². The molecule has 2 aromatic carbocycles. The number of primary amides is 1. The first-order valence-corrected chi connectivity index (χ1v) is 6.81. The number of carbonyl (C=O) groups excluding carboxylic acids is 3. The Bertz CT molecular complexity index is 669. The van der Waals surface area contributed by atoms with Gasteiger partial charge in [-0.3, -0.25) is 14.4 Å². The Hall–Kier alpha value is -2.95. The van der Waals surface area contributed by atoms with Gasteiger partial charge in [-0.25, -0.2) is 0 Å². The fourth-order valence-electron chi connectivity index (χ4n) is 2.06. The Labute approximate surface area is 128 Å². The molecule has 2 rings (SSSR count). The second-order valence-electron chi connectivity index (χ2n) is 4.81. The van der Waals surface area contributed by atoms with Crippen molar-refractivity contribution < 1.29 is 14.4 Å². The van der Waals surface area contributed by atoms with E-state index in [2.05, 4.69) is 5.32 Å². The normalized spacial score (nSPS) is 11.5. The molecule has 0 aliphatic heterocycles. The molecule has 0 unspecified atom stereocenters. The molecule has 2 aromatic rings. The summed E-state index contributed by atoms with van der Waals surface area (Å²) in [7, 11) is 0. The summed E-state index contributed by atoms with van der Waals surface area (Å²) in [4.78, 5) is 35.3. The van der Waals surface area contributed by atoms with Gasteiger partial charge in [0, 0.05) is 12.0 Å². The molecule has 0 heterocycles. The van der Waals surface area contributed by atoms with E-state index in [-0.39, 0.29) is 6.42 Å². The van der Waals surface area contributed by atoms with Crippen molar-refractivity contribution in [3.05, 3.63) is 71.8 Å². The van der Waals surface area contributed by atoms with E-state index in [1.165, 1.54) is 0 Å². The fraction of sp³-hybridized carbons (Fsp3) is 0.118. The molecule has 2 amide bonds. The summed E-state index contributed by atoms with van der Waals surface area (Å²) < 4.78 is 0. The molecule has 0 spiro atoms. The number of carbonyl (C=O) groups is 3. The highest BCUT2D eigenvalue weighted by Crippen LogP contribution is 2.06. The maximum Gasteiger partial charge on any atom is 0.287 e. The molecular formula is C17H16N2O3. The van der Waals surface area contributed by atoms with Crippen molar-refractivity contribution in [3.63, 3.8) is 0 Å². The van der Waals surface area contributed by atoms with Crippen molar-refractivity contribution in [2.75, 3.05) is 0 Å². The van der Waals surface area contributed by atoms with Crippen LogP contribution in [0.1, 0.15) is 15.9 Å². The SMILES string of the molecule is NC(=O)C(=O)[C@H](Cc1ccccc1)NC(=O)c1ccccc1. The summed E-state index contributed by atoms with van der Waals surface area (Å²) >= 11 is 0. The molecule has 1 atom stereocenters. The third kappa shape index (κ3) is 4.02. The summed E-state index contributed by atoms with van der Waals surface area (Å²) in [6, 6.07) is 16.6. The average Bonchev–Trinajstić information content (AvgIpc) is 2.55. The quantitative estimate of drug-likeness (QED) is 0.782. The third-order valence-electron chi connectivity index (χ3n) is 3.18. The second kappa shape index (κ2) is 7.17. The van der Waals surface area contributed by atoms with Crippen LogP contribution in [0.5, 0.6) is 0 Å². The number of amides is 2. The molecule has 0 radical (unpaired) electrons. The smallest absolute Gasteiger partial charge is 0.287 e. The van der Waals surface area contributed by atoms with E-state index < -0.39 is 23.6 Å². The first-order chi connectivity index (χ1) is 10.6. The van der Waals surface area contributed by atoms with Gasteiger partial charge < -0.3 is 11.1 Å². The van der Waals surface area contributed by atoms with Crippen LogP contribution in [0.3, 0.4) is 0 Å². The molecular weight excluding hydrogens is 280 g/mol. The number of nitrogens with one attached hydrogen (secondary N) is 1. The molecule has 5 heteroatoms. The number of ketones is 1. The Morgan fingerprint density at radius 3 is 2.00 bits per heavy atom. The van der Waals surface area contributed by atoms with Gasteiger partial charge in [-0.15, -0.1) is 0 Å². The molecule has 112 valence electrons. The number of rotatable bonds is 6. The maximum absolute atomic E-state index is 12.2. The topological polar surface area (TPSA) is 89.3 Å². The van der Waals surface area contributed by atoms with Crippen molar-refractivity contribution in [1.29, 1.82) is 0 Å². The summed E-state index contributed by atoms with van der Waals surface area (Å²) in [5.41, 5.74) is 6.31. The van der Waals surface area contributed by atoms with Crippen molar-refractivity contribution in [2.24, 2.45) is 5.73 Å². The Morgan fingerprint density at radius 1 is 0.909 bits per heavy atom. The first-order valence-electron chi connectivity index (χ1n) is 6.81. The molecule has 0 saturated heterocycles. The minimum absolute atomic E-state index is 0.210. The minimum atomic E-state index is -1.06. The summed E-state index contributed by atoms with van der Waals surface area (Å²) in [6.45, 7) is 0. The lowest BCUT2D eigenvalue weighted by Crippen LogP contribution is -2.47. The van der Waals surface area contributed by atoms with Gasteiger partial charge in [0.25, 0.3) is 11.8 Å². The van der Waals surface area contributed by atoms with E-state index in [1.54, 1.807) is 30.3 Å². The van der Waals surface area contributed by atoms with Gasteiger partial charge in [0.05, 0.1) is 0 Å². The van der Waals surface area contributed by atoms with Gasteiger partial charge in [-0.05, 0) is 17.7 Å². The predicted octanol–water partition coefficient (Wildman–Crippen LogP) is 1.08. The van der Waals surface area contributed by atoms with Gasteiger partial charge in [0.2, 0.25) is 5.78 Å². The molecule has 5 nitrogen and oxygen atoms in total. The van der Waals surface area contributed by atoms with E-state index in [4.69, 9.17) is 5.73 Å². The summed E-state index contributed by atoms with van der Waals surface area (Å²) in [5.74, 6) is -2.29. The molecule has 0 bridgehead atoms. The van der Waals surface area contributed by atoms with Crippen LogP contribution in [0, 0.1) is 0 Å². The van der Waals surface area contributed by atoms with E-state index in [9.17, 15) is 14.4 Å². The predicted molar refractivity (Wildman–Crippen MR) is 82.0 cm³/mol. The lowest BCUT2D eigenvalue weighted by Gasteiger charge is -2.16. The molecule has 0 aliphatic rings. The van der Waals surface area contributed by atoms with Gasteiger partial charge in [-0.1, -0.05) is 48.5 Å². The average molecular weight is 296 g/mol. The molecule has 22 heavy (non-hydrogen) atoms. The van der Waals surface area contributed by atoms with Crippen molar-refractivity contribution in [3.8, 4) is 0 Å². The Morgan fingerprint density at radius 2 is 1.45 bits per heavy atom. The van der Waals surface area contributed by atoms with Gasteiger partial charge >= 0.3 is 0 Å². The van der Waals surface area contributed by atoms with Crippen LogP contribution >= 0.6 is 0 Å². The lowest BCUT2D eigenvalue weighted by molar-refractivity contribution is -0.137. The number of Topliss-reactive ketones (excluding diaryl/α,β-unsaturated/α-hetero) is 1. The van der Waals surface area contributed by atoms with Crippen LogP contribution < -0.4 is 11.1 Å². The largest absolute Gasteiger partial charge is 0.363 e. The number of nitrogens with two attached hydrogens (primary N) is 1. The first kappa shape index (κ1) is 15.4. The van der Waals surface area contributed by atoms with Crippen LogP contribution in [-0.2, 0) is 16.0 Å². The second-order valence-corrected chi connectivity index (χ2v) is 4.81. The number of hydrogen-bond donors (Lipinski definition) is 2. The van der Waals surface area contributed by atoms with Crippen LogP contribution in [-0.4, -0.2) is 23.6 Å². The van der Waals surface area contributed by atoms with Gasteiger partial charge in [-0.2, -0.15) is 0 Å². The van der Waals surface area contributed by atoms with Crippen molar-refractivity contribution in [1.82, 2.24) is 5.32 Å². The zero-order chi connectivity index (χ0) is 15.9.